The number of fused-ring (bicyclic) bond motifs is 2. The maximum atomic E-state index is 14.8. The van der Waals surface area contributed by atoms with E-state index in [1.54, 1.807) is 9.58 Å². The highest BCUT2D eigenvalue weighted by Crippen LogP contribution is 2.60. The fourth-order valence-corrected chi connectivity index (χ4v) is 10.0. The summed E-state index contributed by atoms with van der Waals surface area (Å²) in [7, 11) is -2.84. The van der Waals surface area contributed by atoms with Crippen molar-refractivity contribution in [2.24, 2.45) is 5.92 Å². The number of nitrogens with one attached hydrogen (secondary N) is 1. The van der Waals surface area contributed by atoms with Crippen molar-refractivity contribution in [1.29, 1.82) is 0 Å². The predicted molar refractivity (Wildman–Crippen MR) is 181 cm³/mol. The van der Waals surface area contributed by atoms with Gasteiger partial charge in [-0.1, -0.05) is 35.4 Å². The Bertz CT molecular complexity index is 1490. The van der Waals surface area contributed by atoms with Gasteiger partial charge in [-0.25, -0.2) is 0 Å². The number of carbonyl (C=O) groups excluding carboxylic acids is 2. The van der Waals surface area contributed by atoms with Gasteiger partial charge in [0.25, 0.3) is 5.91 Å². The quantitative estimate of drug-likeness (QED) is 0.234. The van der Waals surface area contributed by atoms with Gasteiger partial charge in [0.15, 0.2) is 13.9 Å². The highest BCUT2D eigenvalue weighted by molar-refractivity contribution is 6.71. The van der Waals surface area contributed by atoms with Crippen LogP contribution in [0, 0.1) is 5.92 Å². The third kappa shape index (κ3) is 6.77. The third-order valence-electron chi connectivity index (χ3n) is 9.68. The lowest BCUT2D eigenvalue weighted by molar-refractivity contribution is -0.145. The molecular formula is C34H50N6O5Si. The first-order valence-electron chi connectivity index (χ1n) is 16.5. The van der Waals surface area contributed by atoms with Crippen LogP contribution >= 0.6 is 0 Å². The second kappa shape index (κ2) is 13.9. The molecule has 1 aromatic heterocycles. The molecule has 2 aromatic rings. The van der Waals surface area contributed by atoms with Crippen molar-refractivity contribution in [2.75, 3.05) is 42.6 Å². The maximum Gasteiger partial charge on any atom is 0.264 e. The number of nitrogens with zero attached hydrogens (tertiary/aromatic N) is 5. The van der Waals surface area contributed by atoms with Gasteiger partial charge in [0.05, 0.1) is 24.0 Å². The zero-order valence-electron chi connectivity index (χ0n) is 28.1. The average Bonchev–Trinajstić information content (AvgIpc) is 3.64. The van der Waals surface area contributed by atoms with E-state index in [2.05, 4.69) is 48.6 Å². The zero-order valence-corrected chi connectivity index (χ0v) is 29.1. The number of ether oxygens (including phenoxy) is 1. The van der Waals surface area contributed by atoms with E-state index in [0.29, 0.717) is 44.7 Å². The van der Waals surface area contributed by atoms with Crippen molar-refractivity contribution in [3.63, 3.8) is 0 Å². The Kier molecular flexibility index (Phi) is 10.3. The number of hydrogen-bond acceptors (Lipinski definition) is 8. The molecule has 0 unspecified atom stereocenters. The Morgan fingerprint density at radius 3 is 2.70 bits per heavy atom. The molecule has 2 amide bonds. The first-order chi connectivity index (χ1) is 21.9. The first kappa shape index (κ1) is 34.2. The van der Waals surface area contributed by atoms with Crippen LogP contribution in [0.5, 0.6) is 0 Å². The number of allylic oxidation sites excluding steroid dienone is 3. The largest absolute Gasteiger partial charge is 0.432 e. The Labute approximate surface area is 273 Å². The fraction of sp³-hybridized carbons (Fsp3) is 0.588. The topological polar surface area (TPSA) is 133 Å². The molecule has 250 valence electrons. The average molecular weight is 651 g/mol. The van der Waals surface area contributed by atoms with E-state index in [4.69, 9.17) is 4.74 Å². The van der Waals surface area contributed by atoms with Crippen LogP contribution < -0.4 is 15.1 Å². The molecule has 3 aliphatic rings. The minimum atomic E-state index is -2.84. The molecule has 2 fully saturated rings. The minimum Gasteiger partial charge on any atom is -0.432 e. The number of rotatable bonds is 12. The zero-order chi connectivity index (χ0) is 33.2. The van der Waals surface area contributed by atoms with Crippen molar-refractivity contribution >= 4 is 31.5 Å². The molecule has 1 spiro atoms. The Hall–Kier alpha value is -3.16. The molecule has 1 aromatic carbocycles. The van der Waals surface area contributed by atoms with Crippen LogP contribution in [-0.4, -0.2) is 83.9 Å². The molecule has 0 aliphatic carbocycles. The van der Waals surface area contributed by atoms with Crippen LogP contribution in [0.25, 0.3) is 0 Å². The molecule has 5 rings (SSSR count). The number of aromatic nitrogens is 3. The lowest BCUT2D eigenvalue weighted by Gasteiger charge is -2.33. The highest BCUT2D eigenvalue weighted by atomic mass is 28.4. The number of aliphatic hydroxyl groups excluding tert-OH is 1. The summed E-state index contributed by atoms with van der Waals surface area (Å²) in [5.74, 6) is -0.438. The molecule has 12 heteroatoms. The van der Waals surface area contributed by atoms with Gasteiger partial charge in [-0.05, 0) is 71.3 Å². The third-order valence-corrected chi connectivity index (χ3v) is 12.2. The number of anilines is 2. The van der Waals surface area contributed by atoms with Crippen molar-refractivity contribution in [2.45, 2.75) is 90.3 Å². The summed E-state index contributed by atoms with van der Waals surface area (Å²) in [4.78, 5) is 42.9. The second-order valence-electron chi connectivity index (χ2n) is 13.8. The molecule has 3 aliphatic heterocycles. The van der Waals surface area contributed by atoms with E-state index < -0.39 is 20.0 Å². The highest BCUT2D eigenvalue weighted by Gasteiger charge is 2.66. The van der Waals surface area contributed by atoms with Crippen molar-refractivity contribution in [1.82, 2.24) is 20.3 Å². The van der Waals surface area contributed by atoms with Gasteiger partial charge in [0.1, 0.15) is 0 Å². The first-order valence-corrected chi connectivity index (χ1v) is 19.6. The smallest absolute Gasteiger partial charge is 0.264 e. The molecule has 3 N–H and O–H groups in total. The van der Waals surface area contributed by atoms with Gasteiger partial charge in [-0.3, -0.25) is 14.3 Å². The number of hydrogen-bond donors (Lipinski definition) is 3. The van der Waals surface area contributed by atoms with E-state index in [0.717, 1.165) is 29.8 Å². The van der Waals surface area contributed by atoms with Crippen LogP contribution in [0.2, 0.25) is 18.6 Å². The van der Waals surface area contributed by atoms with Gasteiger partial charge in [-0.15, -0.1) is 5.10 Å². The molecule has 0 saturated carbocycles. The lowest BCUT2D eigenvalue weighted by atomic mass is 9.82. The van der Waals surface area contributed by atoms with Gasteiger partial charge in [0, 0.05) is 68.1 Å². The van der Waals surface area contributed by atoms with E-state index >= 15 is 0 Å². The second-order valence-corrected chi connectivity index (χ2v) is 17.8. The van der Waals surface area contributed by atoms with Gasteiger partial charge in [0.2, 0.25) is 5.91 Å². The normalized spacial score (nSPS) is 25.1. The molecule has 2 saturated heterocycles. The van der Waals surface area contributed by atoms with Gasteiger partial charge < -0.3 is 29.8 Å². The fourth-order valence-electron chi connectivity index (χ4n) is 7.44. The van der Waals surface area contributed by atoms with Crippen LogP contribution in [0.15, 0.2) is 47.7 Å². The molecule has 0 bridgehead atoms. The van der Waals surface area contributed by atoms with Crippen molar-refractivity contribution in [3.8, 4) is 0 Å². The number of piperazine rings is 1. The molecule has 4 heterocycles. The molecule has 4 atom stereocenters. The number of benzene rings is 1. The van der Waals surface area contributed by atoms with Crippen LogP contribution in [-0.2, 0) is 32.9 Å². The van der Waals surface area contributed by atoms with Gasteiger partial charge in [-0.2, -0.15) is 0 Å². The van der Waals surface area contributed by atoms with Crippen LogP contribution in [0.4, 0.5) is 11.4 Å². The van der Waals surface area contributed by atoms with E-state index in [-0.39, 0.29) is 36.4 Å². The molecule has 11 nitrogen and oxygen atoms in total. The summed E-state index contributed by atoms with van der Waals surface area (Å²) in [5.41, 5.74) is 4.00. The van der Waals surface area contributed by atoms with E-state index in [1.807, 2.05) is 49.3 Å². The molecule has 0 radical (unpaired) electrons. The van der Waals surface area contributed by atoms with Crippen molar-refractivity contribution < 1.29 is 24.2 Å². The summed E-state index contributed by atoms with van der Waals surface area (Å²) in [6.45, 7) is 14.6. The summed E-state index contributed by atoms with van der Waals surface area (Å²) in [6, 6.07) is 5.86. The summed E-state index contributed by atoms with van der Waals surface area (Å²) in [5, 5.41) is 20.8. The summed E-state index contributed by atoms with van der Waals surface area (Å²) in [6.07, 6.45) is 8.62. The number of aryl methyl sites for hydroxylation is 1. The van der Waals surface area contributed by atoms with Gasteiger partial charge >= 0.3 is 0 Å². The monoisotopic (exact) mass is 650 g/mol. The van der Waals surface area contributed by atoms with E-state index in [1.165, 1.54) is 11.1 Å². The van der Waals surface area contributed by atoms with Crippen molar-refractivity contribution in [3.05, 3.63) is 59.0 Å². The Morgan fingerprint density at radius 1 is 1.22 bits per heavy atom. The maximum absolute atomic E-state index is 14.8. The number of carbonyl (C=O) groups is 2. The molecular weight excluding hydrogens is 600 g/mol. The van der Waals surface area contributed by atoms with E-state index in [9.17, 15) is 19.5 Å². The molecule has 46 heavy (non-hydrogen) atoms. The standard InChI is InChI=1S/C34H50N6O5Si/c1-23(2)8-7-9-24(3)12-17-40-29-11-10-27(39-18-15-35-21-31(39)42)20-28(29)34(33(40)43)25(4)32(46(5,6)44)30(45-34)13-16-38-22-26(14-19-41)36-37-38/h8,10-12,20,22,25,30,32,35,41,44H,7,9,13-19,21H2,1-6H3/b24-12+/t25-,30+,32-,34+/m1/s1. The SMILES string of the molecule is CC(C)=CCC/C(C)=C/CN1C(=O)[C@@]2(O[C@@H](CCn3cc(CCO)nn3)[C@H]([Si](C)(C)O)[C@H]2C)c2cc(N3CCNCC3=O)ccc21. The predicted octanol–water partition coefficient (Wildman–Crippen LogP) is 3.68. The number of aliphatic hydroxyl groups is 1. The summed E-state index contributed by atoms with van der Waals surface area (Å²) < 4.78 is 8.75. The van der Waals surface area contributed by atoms with Crippen LogP contribution in [0.3, 0.4) is 0 Å². The number of amides is 2. The lowest BCUT2D eigenvalue weighted by Crippen LogP contribution is -2.48. The minimum absolute atomic E-state index is 0.000554. The van der Waals surface area contributed by atoms with Crippen LogP contribution in [0.1, 0.15) is 58.2 Å². The Balaban J connectivity index is 1.52. The summed E-state index contributed by atoms with van der Waals surface area (Å²) >= 11 is 0. The Morgan fingerprint density at radius 2 is 2.00 bits per heavy atom.